The molecule has 1 N–H and O–H groups in total. The molecule has 0 aromatic rings. The molecule has 0 bridgehead atoms. The van der Waals surface area contributed by atoms with Crippen molar-refractivity contribution in [2.45, 2.75) is 57.6 Å². The summed E-state index contributed by atoms with van der Waals surface area (Å²) in [6.07, 6.45) is 4.89. The molecule has 0 aromatic heterocycles. The molecule has 4 heteroatoms. The molecule has 1 atom stereocenters. The predicted molar refractivity (Wildman–Crippen MR) is 71.5 cm³/mol. The second-order valence-electron chi connectivity index (χ2n) is 5.54. The van der Waals surface area contributed by atoms with E-state index < -0.39 is 0 Å². The fourth-order valence-electron chi connectivity index (χ4n) is 3.14. The molecule has 1 unspecified atom stereocenters. The van der Waals surface area contributed by atoms with Gasteiger partial charge in [-0.2, -0.15) is 0 Å². The van der Waals surface area contributed by atoms with Crippen LogP contribution in [-0.4, -0.2) is 48.7 Å². The molecule has 2 aliphatic heterocycles. The van der Waals surface area contributed by atoms with Crippen molar-refractivity contribution in [1.82, 2.24) is 10.2 Å². The van der Waals surface area contributed by atoms with Crippen molar-refractivity contribution in [3.05, 3.63) is 0 Å². The summed E-state index contributed by atoms with van der Waals surface area (Å²) in [6.45, 7) is 8.13. The molecule has 0 radical (unpaired) electrons. The van der Waals surface area contributed by atoms with E-state index >= 15 is 0 Å². The second-order valence-corrected chi connectivity index (χ2v) is 5.54. The van der Waals surface area contributed by atoms with Gasteiger partial charge in [0, 0.05) is 32.1 Å². The van der Waals surface area contributed by atoms with Crippen LogP contribution >= 0.6 is 0 Å². The van der Waals surface area contributed by atoms with Crippen molar-refractivity contribution in [1.29, 1.82) is 0 Å². The molecule has 18 heavy (non-hydrogen) atoms. The molecular weight excluding hydrogens is 228 g/mol. The van der Waals surface area contributed by atoms with Crippen LogP contribution in [0, 0.1) is 0 Å². The maximum atomic E-state index is 11.4. The summed E-state index contributed by atoms with van der Waals surface area (Å²) in [5.41, 5.74) is 0.0436. The van der Waals surface area contributed by atoms with Crippen LogP contribution in [0.3, 0.4) is 0 Å². The Balaban J connectivity index is 1.97. The van der Waals surface area contributed by atoms with Crippen molar-refractivity contribution in [2.75, 3.05) is 26.2 Å². The van der Waals surface area contributed by atoms with Crippen molar-refractivity contribution in [3.8, 4) is 0 Å². The molecule has 0 spiro atoms. The highest BCUT2D eigenvalue weighted by molar-refractivity contribution is 5.76. The molecule has 2 fully saturated rings. The van der Waals surface area contributed by atoms with Crippen LogP contribution in [0.15, 0.2) is 0 Å². The maximum absolute atomic E-state index is 11.4. The minimum Gasteiger partial charge on any atom is -0.372 e. The molecule has 0 saturated carbocycles. The van der Waals surface area contributed by atoms with Gasteiger partial charge in [0.1, 0.15) is 0 Å². The summed E-state index contributed by atoms with van der Waals surface area (Å²) in [6, 6.07) is 0.547. The zero-order valence-corrected chi connectivity index (χ0v) is 11.7. The number of nitrogens with one attached hydrogen (secondary N) is 1. The zero-order chi connectivity index (χ0) is 13.0. The van der Waals surface area contributed by atoms with Gasteiger partial charge in [0.2, 0.25) is 5.91 Å². The molecular formula is C14H26N2O2. The lowest BCUT2D eigenvalue weighted by Gasteiger charge is -2.45. The van der Waals surface area contributed by atoms with Crippen molar-refractivity contribution in [2.24, 2.45) is 0 Å². The van der Waals surface area contributed by atoms with Crippen LogP contribution in [0.2, 0.25) is 0 Å². The lowest BCUT2D eigenvalue weighted by molar-refractivity contribution is -0.124. The molecule has 4 nitrogen and oxygen atoms in total. The summed E-state index contributed by atoms with van der Waals surface area (Å²) in [5, 5.41) is 2.97. The van der Waals surface area contributed by atoms with Gasteiger partial charge in [0.15, 0.2) is 0 Å². The number of ether oxygens (including phenoxy) is 1. The van der Waals surface area contributed by atoms with Crippen molar-refractivity contribution >= 4 is 5.91 Å². The fraction of sp³-hybridized carbons (Fsp3) is 0.929. The Kier molecular flexibility index (Phi) is 4.62. The monoisotopic (exact) mass is 254 g/mol. The summed E-state index contributed by atoms with van der Waals surface area (Å²) in [4.78, 5) is 13.9. The Hall–Kier alpha value is -0.610. The molecule has 2 rings (SSSR count). The predicted octanol–water partition coefficient (Wildman–Crippen LogP) is 1.55. The summed E-state index contributed by atoms with van der Waals surface area (Å²) < 4.78 is 6.01. The third kappa shape index (κ3) is 3.04. The molecule has 0 aliphatic carbocycles. The lowest BCUT2D eigenvalue weighted by atomic mass is 9.93. The van der Waals surface area contributed by atoms with Crippen LogP contribution in [0.4, 0.5) is 0 Å². The molecule has 104 valence electrons. The van der Waals surface area contributed by atoms with E-state index in [4.69, 9.17) is 4.74 Å². The van der Waals surface area contributed by atoms with Crippen molar-refractivity contribution in [3.63, 3.8) is 0 Å². The Bertz CT molecular complexity index is 290. The minimum atomic E-state index is 0.0436. The number of amides is 1. The topological polar surface area (TPSA) is 41.6 Å². The maximum Gasteiger partial charge on any atom is 0.220 e. The van der Waals surface area contributed by atoms with Crippen LogP contribution < -0.4 is 5.32 Å². The number of hydrogen-bond donors (Lipinski definition) is 1. The van der Waals surface area contributed by atoms with E-state index in [0.717, 1.165) is 51.9 Å². The number of rotatable bonds is 3. The largest absolute Gasteiger partial charge is 0.372 e. The van der Waals surface area contributed by atoms with Gasteiger partial charge < -0.3 is 10.1 Å². The number of carbonyl (C=O) groups excluding carboxylic acids is 1. The van der Waals surface area contributed by atoms with E-state index in [1.54, 1.807) is 0 Å². The number of nitrogens with zero attached hydrogens (tertiary/aromatic N) is 1. The van der Waals surface area contributed by atoms with Gasteiger partial charge in [-0.1, -0.05) is 13.8 Å². The zero-order valence-electron chi connectivity index (χ0n) is 11.7. The molecule has 1 amide bonds. The van der Waals surface area contributed by atoms with E-state index in [2.05, 4.69) is 24.1 Å². The van der Waals surface area contributed by atoms with Crippen molar-refractivity contribution < 1.29 is 9.53 Å². The third-order valence-electron chi connectivity index (χ3n) is 4.59. The van der Waals surface area contributed by atoms with Gasteiger partial charge in [0.05, 0.1) is 12.2 Å². The van der Waals surface area contributed by atoms with Crippen LogP contribution in [0.1, 0.15) is 46.0 Å². The van der Waals surface area contributed by atoms with Crippen LogP contribution in [0.5, 0.6) is 0 Å². The van der Waals surface area contributed by atoms with Gasteiger partial charge in [0.25, 0.3) is 0 Å². The minimum absolute atomic E-state index is 0.0436. The van der Waals surface area contributed by atoms with Gasteiger partial charge in [-0.25, -0.2) is 0 Å². The SMILES string of the molecule is CCC1(CC)CN(C2CCNC(=O)CC2)CCO1. The van der Waals surface area contributed by atoms with E-state index in [1.165, 1.54) is 0 Å². The van der Waals surface area contributed by atoms with E-state index in [0.29, 0.717) is 12.5 Å². The lowest BCUT2D eigenvalue weighted by Crippen LogP contribution is -2.54. The Labute approximate surface area is 110 Å². The first-order valence-electron chi connectivity index (χ1n) is 7.34. The third-order valence-corrected chi connectivity index (χ3v) is 4.59. The van der Waals surface area contributed by atoms with E-state index in [-0.39, 0.29) is 11.5 Å². The highest BCUT2D eigenvalue weighted by atomic mass is 16.5. The van der Waals surface area contributed by atoms with Gasteiger partial charge in [-0.15, -0.1) is 0 Å². The average Bonchev–Trinajstić information content (AvgIpc) is 2.63. The first kappa shape index (κ1) is 13.8. The first-order valence-corrected chi connectivity index (χ1v) is 7.34. The average molecular weight is 254 g/mol. The Morgan fingerprint density at radius 3 is 2.89 bits per heavy atom. The number of carbonyl (C=O) groups is 1. The number of hydrogen-bond acceptors (Lipinski definition) is 3. The second kappa shape index (κ2) is 6.02. The normalized spacial score (nSPS) is 29.7. The summed E-state index contributed by atoms with van der Waals surface area (Å²) in [7, 11) is 0. The van der Waals surface area contributed by atoms with Crippen LogP contribution in [-0.2, 0) is 9.53 Å². The Morgan fingerprint density at radius 1 is 1.39 bits per heavy atom. The highest BCUT2D eigenvalue weighted by Gasteiger charge is 2.36. The van der Waals surface area contributed by atoms with Crippen LogP contribution in [0.25, 0.3) is 0 Å². The summed E-state index contributed by atoms with van der Waals surface area (Å²) >= 11 is 0. The molecule has 2 saturated heterocycles. The molecule has 2 aliphatic rings. The quantitative estimate of drug-likeness (QED) is 0.831. The number of morpholine rings is 1. The highest BCUT2D eigenvalue weighted by Crippen LogP contribution is 2.28. The fourth-order valence-corrected chi connectivity index (χ4v) is 3.14. The Morgan fingerprint density at radius 2 is 2.17 bits per heavy atom. The summed E-state index contributed by atoms with van der Waals surface area (Å²) in [5.74, 6) is 0.211. The van der Waals surface area contributed by atoms with Gasteiger partial charge in [-0.05, 0) is 25.7 Å². The van der Waals surface area contributed by atoms with Gasteiger partial charge >= 0.3 is 0 Å². The smallest absolute Gasteiger partial charge is 0.220 e. The first-order chi connectivity index (χ1) is 8.69. The molecule has 2 heterocycles. The van der Waals surface area contributed by atoms with E-state index in [9.17, 15) is 4.79 Å². The van der Waals surface area contributed by atoms with Gasteiger partial charge in [-0.3, -0.25) is 9.69 Å². The molecule has 0 aromatic carbocycles. The standard InChI is InChI=1S/C14H26N2O2/c1-3-14(4-2)11-16(9-10-18-14)12-5-6-13(17)15-8-7-12/h12H,3-11H2,1-2H3,(H,15,17). The van der Waals surface area contributed by atoms with E-state index in [1.807, 2.05) is 0 Å².